The van der Waals surface area contributed by atoms with Crippen molar-refractivity contribution < 1.29 is 27.5 Å². The summed E-state index contributed by atoms with van der Waals surface area (Å²) in [7, 11) is 1.29. The van der Waals surface area contributed by atoms with Crippen LogP contribution in [0.5, 0.6) is 0 Å². The largest absolute Gasteiger partial charge is 0.467 e. The van der Waals surface area contributed by atoms with Crippen molar-refractivity contribution in [1.29, 1.82) is 0 Å². The number of thiazole rings is 1. The first kappa shape index (κ1) is 28.0. The third kappa shape index (κ3) is 8.24. The molecule has 37 heavy (non-hydrogen) atoms. The molecule has 1 unspecified atom stereocenters. The highest BCUT2D eigenvalue weighted by atomic mass is 32.1. The van der Waals surface area contributed by atoms with E-state index < -0.39 is 23.9 Å². The molecule has 0 aliphatic rings. The van der Waals surface area contributed by atoms with Gasteiger partial charge in [-0.1, -0.05) is 19.9 Å². The maximum Gasteiger partial charge on any atom is 0.433 e. The minimum atomic E-state index is -4.57. The molecule has 0 bridgehead atoms. The van der Waals surface area contributed by atoms with Gasteiger partial charge in [-0.25, -0.2) is 19.7 Å². The van der Waals surface area contributed by atoms with Crippen LogP contribution in [0.15, 0.2) is 36.7 Å². The van der Waals surface area contributed by atoms with E-state index in [-0.39, 0.29) is 24.2 Å². The summed E-state index contributed by atoms with van der Waals surface area (Å²) >= 11 is 1.41. The van der Waals surface area contributed by atoms with Crippen molar-refractivity contribution in [2.24, 2.45) is 5.92 Å². The summed E-state index contributed by atoms with van der Waals surface area (Å²) in [4.78, 5) is 37.0. The Kier molecular flexibility index (Phi) is 9.19. The van der Waals surface area contributed by atoms with Gasteiger partial charge in [0.1, 0.15) is 11.7 Å². The number of hydrogen-bond acceptors (Lipinski definition) is 8. The smallest absolute Gasteiger partial charge is 0.433 e. The minimum Gasteiger partial charge on any atom is -0.467 e. The first-order valence-electron chi connectivity index (χ1n) is 11.6. The highest BCUT2D eigenvalue weighted by Gasteiger charge is 2.32. The quantitative estimate of drug-likeness (QED) is 0.339. The van der Waals surface area contributed by atoms with E-state index >= 15 is 0 Å². The van der Waals surface area contributed by atoms with Crippen molar-refractivity contribution in [3.05, 3.63) is 52.9 Å². The zero-order chi connectivity index (χ0) is 27.2. The summed E-state index contributed by atoms with van der Waals surface area (Å²) in [5.41, 5.74) is 1.18. The maximum atomic E-state index is 13.0. The Balaban J connectivity index is 1.67. The number of nitrogens with one attached hydrogen (secondary N) is 2. The molecule has 8 nitrogen and oxygen atoms in total. The maximum absolute atomic E-state index is 13.0. The van der Waals surface area contributed by atoms with Crippen molar-refractivity contribution in [3.8, 4) is 10.4 Å². The number of amides is 1. The van der Waals surface area contributed by atoms with Gasteiger partial charge in [-0.15, -0.1) is 11.3 Å². The van der Waals surface area contributed by atoms with Crippen LogP contribution in [-0.2, 0) is 26.9 Å². The summed E-state index contributed by atoms with van der Waals surface area (Å²) in [5.74, 6) is -0.696. The molecule has 2 aromatic heterocycles. The molecule has 0 saturated heterocycles. The average Bonchev–Trinajstić information content (AvgIpc) is 3.30. The molecular weight excluding hydrogens is 507 g/mol. The number of halogens is 3. The van der Waals surface area contributed by atoms with Gasteiger partial charge in [-0.05, 0) is 48.6 Å². The SMILES string of the molecule is COC(=O)C(CC(C)C)NC(=O)CCc1ncc(-c2cc(C)cc(Nc3nccc(C(F)(F)F)n3)c2)s1. The van der Waals surface area contributed by atoms with Gasteiger partial charge in [0.05, 0.1) is 17.0 Å². The molecule has 0 saturated carbocycles. The lowest BCUT2D eigenvalue weighted by Crippen LogP contribution is -2.42. The predicted octanol–water partition coefficient (Wildman–Crippen LogP) is 5.31. The summed E-state index contributed by atoms with van der Waals surface area (Å²) in [6.07, 6.45) is -0.798. The number of alkyl halides is 3. The highest BCUT2D eigenvalue weighted by Crippen LogP contribution is 2.32. The number of aromatic nitrogens is 3. The Hall–Kier alpha value is -3.54. The van der Waals surface area contributed by atoms with Crippen molar-refractivity contribution in [3.63, 3.8) is 0 Å². The summed E-state index contributed by atoms with van der Waals surface area (Å²) in [6.45, 7) is 5.78. The van der Waals surface area contributed by atoms with Gasteiger partial charge in [0.15, 0.2) is 0 Å². The number of benzene rings is 1. The van der Waals surface area contributed by atoms with Crippen molar-refractivity contribution in [2.45, 2.75) is 52.3 Å². The fourth-order valence-electron chi connectivity index (χ4n) is 3.58. The van der Waals surface area contributed by atoms with Crippen LogP contribution in [0.3, 0.4) is 0 Å². The number of methoxy groups -OCH3 is 1. The normalized spacial score (nSPS) is 12.3. The topological polar surface area (TPSA) is 106 Å². The van der Waals surface area contributed by atoms with Gasteiger partial charge < -0.3 is 15.4 Å². The third-order valence-corrected chi connectivity index (χ3v) is 6.32. The number of anilines is 2. The van der Waals surface area contributed by atoms with Gasteiger partial charge in [0, 0.05) is 30.9 Å². The zero-order valence-electron chi connectivity index (χ0n) is 20.8. The first-order valence-corrected chi connectivity index (χ1v) is 12.4. The molecule has 3 aromatic rings. The lowest BCUT2D eigenvalue weighted by Gasteiger charge is -2.18. The molecule has 0 spiro atoms. The lowest BCUT2D eigenvalue weighted by molar-refractivity contribution is -0.145. The Morgan fingerprint density at radius 3 is 2.59 bits per heavy atom. The molecule has 0 aliphatic carbocycles. The van der Waals surface area contributed by atoms with E-state index in [2.05, 4.69) is 25.6 Å². The second-order valence-electron chi connectivity index (χ2n) is 8.87. The highest BCUT2D eigenvalue weighted by molar-refractivity contribution is 7.15. The van der Waals surface area contributed by atoms with E-state index in [0.29, 0.717) is 18.5 Å². The number of ether oxygens (including phenoxy) is 1. The van der Waals surface area contributed by atoms with Crippen molar-refractivity contribution in [2.75, 3.05) is 12.4 Å². The number of carbonyl (C=O) groups is 2. The lowest BCUT2D eigenvalue weighted by atomic mass is 10.0. The van der Waals surface area contributed by atoms with Crippen molar-refractivity contribution in [1.82, 2.24) is 20.3 Å². The second-order valence-corrected chi connectivity index (χ2v) is 9.98. The Morgan fingerprint density at radius 2 is 1.92 bits per heavy atom. The van der Waals surface area contributed by atoms with Crippen LogP contribution in [-0.4, -0.2) is 40.0 Å². The average molecular weight is 536 g/mol. The van der Waals surface area contributed by atoms with Gasteiger partial charge >= 0.3 is 12.1 Å². The van der Waals surface area contributed by atoms with Crippen LogP contribution in [0.25, 0.3) is 10.4 Å². The van der Waals surface area contributed by atoms with E-state index in [1.165, 1.54) is 18.4 Å². The molecule has 0 fully saturated rings. The van der Waals surface area contributed by atoms with Crippen LogP contribution in [0.4, 0.5) is 24.8 Å². The molecular formula is C25H28F3N5O3S. The van der Waals surface area contributed by atoms with Gasteiger partial charge in [-0.2, -0.15) is 13.2 Å². The number of rotatable bonds is 10. The first-order chi connectivity index (χ1) is 17.4. The standard InChI is InChI=1S/C25H28F3N5O3S/c1-14(2)9-18(23(35)36-4)32-21(34)5-6-22-30-13-19(37-22)16-10-15(3)11-17(12-16)31-24-29-8-7-20(33-24)25(26,27)28/h7-8,10-14,18H,5-6,9H2,1-4H3,(H,32,34)(H,29,31,33). The van der Waals surface area contributed by atoms with Gasteiger partial charge in [0.2, 0.25) is 11.9 Å². The minimum absolute atomic E-state index is 0.159. The molecule has 12 heteroatoms. The molecule has 198 valence electrons. The van der Waals surface area contributed by atoms with Crippen LogP contribution in [0.1, 0.15) is 43.0 Å². The molecule has 1 atom stereocenters. The van der Waals surface area contributed by atoms with E-state index in [1.54, 1.807) is 18.3 Å². The molecule has 2 heterocycles. The molecule has 0 radical (unpaired) electrons. The number of aryl methyl sites for hydroxylation is 2. The molecule has 3 rings (SSSR count). The molecule has 2 N–H and O–H groups in total. The second kappa shape index (κ2) is 12.1. The van der Waals surface area contributed by atoms with E-state index in [0.717, 1.165) is 33.3 Å². The van der Waals surface area contributed by atoms with Crippen molar-refractivity contribution >= 4 is 34.8 Å². The number of hydrogen-bond donors (Lipinski definition) is 2. The van der Waals surface area contributed by atoms with E-state index in [9.17, 15) is 22.8 Å². The van der Waals surface area contributed by atoms with Crippen LogP contribution >= 0.6 is 11.3 Å². The summed E-state index contributed by atoms with van der Waals surface area (Å²) in [5, 5.41) is 6.30. The Morgan fingerprint density at radius 1 is 1.16 bits per heavy atom. The van der Waals surface area contributed by atoms with Gasteiger partial charge in [0.25, 0.3) is 0 Å². The zero-order valence-corrected chi connectivity index (χ0v) is 21.7. The molecule has 0 aliphatic heterocycles. The fourth-order valence-corrected chi connectivity index (χ4v) is 4.48. The molecule has 1 amide bonds. The summed E-state index contributed by atoms with van der Waals surface area (Å²) in [6, 6.07) is 5.59. The molecule has 1 aromatic carbocycles. The predicted molar refractivity (Wildman–Crippen MR) is 134 cm³/mol. The third-order valence-electron chi connectivity index (χ3n) is 5.21. The van der Waals surface area contributed by atoms with Crippen LogP contribution in [0.2, 0.25) is 0 Å². The monoisotopic (exact) mass is 535 g/mol. The number of carbonyl (C=O) groups excluding carboxylic acids is 2. The fraction of sp³-hybridized carbons (Fsp3) is 0.400. The van der Waals surface area contributed by atoms with E-state index in [1.807, 2.05) is 26.8 Å². The number of esters is 1. The summed E-state index contributed by atoms with van der Waals surface area (Å²) < 4.78 is 43.7. The van der Waals surface area contributed by atoms with Gasteiger partial charge in [-0.3, -0.25) is 4.79 Å². The van der Waals surface area contributed by atoms with E-state index in [4.69, 9.17) is 4.74 Å². The van der Waals surface area contributed by atoms with Crippen LogP contribution < -0.4 is 10.6 Å². The Bertz CT molecular complexity index is 1250. The Labute approximate surface area is 216 Å². The van der Waals surface area contributed by atoms with Crippen LogP contribution in [0, 0.1) is 12.8 Å². The number of nitrogens with zero attached hydrogens (tertiary/aromatic N) is 3.